The van der Waals surface area contributed by atoms with Gasteiger partial charge in [0.05, 0.1) is 0 Å². The van der Waals surface area contributed by atoms with Crippen molar-refractivity contribution >= 4 is 0 Å². The van der Waals surface area contributed by atoms with E-state index in [1.165, 1.54) is 29.6 Å². The zero-order valence-electron chi connectivity index (χ0n) is 12.5. The molecule has 18 heavy (non-hydrogen) atoms. The van der Waals surface area contributed by atoms with Gasteiger partial charge in [0.25, 0.3) is 0 Å². The van der Waals surface area contributed by atoms with Crippen molar-refractivity contribution in [3.05, 3.63) is 59.3 Å². The molecule has 0 aromatic rings. The molecule has 98 valence electrons. The lowest BCUT2D eigenvalue weighted by Gasteiger charge is -2.25. The van der Waals surface area contributed by atoms with Gasteiger partial charge >= 0.3 is 0 Å². The quantitative estimate of drug-likeness (QED) is 0.548. The van der Waals surface area contributed by atoms with E-state index >= 15 is 0 Å². The second kappa shape index (κ2) is 6.04. The van der Waals surface area contributed by atoms with Crippen molar-refractivity contribution in [3.63, 3.8) is 0 Å². The van der Waals surface area contributed by atoms with Crippen LogP contribution in [-0.2, 0) is 0 Å². The van der Waals surface area contributed by atoms with E-state index in [4.69, 9.17) is 0 Å². The molecule has 2 rings (SSSR count). The lowest BCUT2D eigenvalue weighted by atomic mass is 9.78. The Labute approximate surface area is 112 Å². The summed E-state index contributed by atoms with van der Waals surface area (Å²) in [7, 11) is 0. The first-order valence-corrected chi connectivity index (χ1v) is 7.03. The molecule has 0 fully saturated rings. The lowest BCUT2D eigenvalue weighted by molar-refractivity contribution is 0.538. The number of allylic oxidation sites excluding steroid dienone is 9. The highest BCUT2D eigenvalue weighted by Crippen LogP contribution is 2.53. The average molecular weight is 242 g/mol. The molecule has 0 saturated carbocycles. The fourth-order valence-electron chi connectivity index (χ4n) is 3.02. The van der Waals surface area contributed by atoms with Crippen LogP contribution in [0.1, 0.15) is 47.5 Å². The van der Waals surface area contributed by atoms with Crippen molar-refractivity contribution in [3.8, 4) is 0 Å². The molecule has 0 amide bonds. The summed E-state index contributed by atoms with van der Waals surface area (Å²) in [5.74, 6) is 0. The number of rotatable bonds is 1. The van der Waals surface area contributed by atoms with E-state index in [2.05, 4.69) is 51.7 Å². The van der Waals surface area contributed by atoms with Crippen LogP contribution >= 0.6 is 0 Å². The van der Waals surface area contributed by atoms with Gasteiger partial charge in [0.15, 0.2) is 0 Å². The minimum atomic E-state index is 0.198. The van der Waals surface area contributed by atoms with Crippen molar-refractivity contribution < 1.29 is 0 Å². The van der Waals surface area contributed by atoms with E-state index in [9.17, 15) is 0 Å². The Hall–Kier alpha value is -1.30. The summed E-state index contributed by atoms with van der Waals surface area (Å²) in [6.45, 7) is 14.6. The zero-order chi connectivity index (χ0) is 13.8. The molecule has 2 aliphatic rings. The molecule has 0 unspecified atom stereocenters. The summed E-state index contributed by atoms with van der Waals surface area (Å²) in [5.41, 5.74) is 6.04. The Morgan fingerprint density at radius 3 is 2.50 bits per heavy atom. The van der Waals surface area contributed by atoms with Crippen LogP contribution < -0.4 is 0 Å². The molecule has 0 aromatic heterocycles. The predicted octanol–water partition coefficient (Wildman–Crippen LogP) is 5.76. The van der Waals surface area contributed by atoms with Crippen LogP contribution in [0.25, 0.3) is 0 Å². The van der Waals surface area contributed by atoms with Crippen LogP contribution in [0.3, 0.4) is 0 Å². The van der Waals surface area contributed by atoms with Gasteiger partial charge in [0.2, 0.25) is 0 Å². The molecule has 0 spiro atoms. The summed E-state index contributed by atoms with van der Waals surface area (Å²) in [5, 5.41) is 0. The molecule has 0 aliphatic heterocycles. The van der Waals surface area contributed by atoms with Gasteiger partial charge in [-0.05, 0) is 36.5 Å². The average Bonchev–Trinajstić information content (AvgIpc) is 2.61. The lowest BCUT2D eigenvalue weighted by Crippen LogP contribution is -2.13. The fourth-order valence-corrected chi connectivity index (χ4v) is 3.02. The zero-order valence-corrected chi connectivity index (χ0v) is 12.5. The second-order valence-corrected chi connectivity index (χ2v) is 4.98. The van der Waals surface area contributed by atoms with Crippen LogP contribution in [0.15, 0.2) is 59.3 Å². The van der Waals surface area contributed by atoms with E-state index in [0.29, 0.717) is 0 Å². The molecule has 2 aliphatic carbocycles. The van der Waals surface area contributed by atoms with Gasteiger partial charge in [-0.1, -0.05) is 70.2 Å². The molecule has 0 bridgehead atoms. The number of hydrogen-bond donors (Lipinski definition) is 0. The number of hydrogen-bond acceptors (Lipinski definition) is 0. The van der Waals surface area contributed by atoms with E-state index in [0.717, 1.165) is 0 Å². The Balaban J connectivity index is 0.000000771. The van der Waals surface area contributed by atoms with Crippen molar-refractivity contribution in [2.45, 2.75) is 47.5 Å². The first-order chi connectivity index (χ1) is 8.62. The van der Waals surface area contributed by atoms with Crippen LogP contribution in [0.2, 0.25) is 0 Å². The molecule has 0 saturated heterocycles. The van der Waals surface area contributed by atoms with Gasteiger partial charge in [0.1, 0.15) is 0 Å². The topological polar surface area (TPSA) is 0 Å². The monoisotopic (exact) mass is 242 g/mol. The van der Waals surface area contributed by atoms with Crippen LogP contribution in [0.4, 0.5) is 0 Å². The van der Waals surface area contributed by atoms with Crippen molar-refractivity contribution in [2.75, 3.05) is 0 Å². The first-order valence-electron chi connectivity index (χ1n) is 7.03. The molecule has 0 nitrogen and oxygen atoms in total. The van der Waals surface area contributed by atoms with Crippen molar-refractivity contribution in [2.24, 2.45) is 5.41 Å². The Bertz CT molecular complexity index is 437. The van der Waals surface area contributed by atoms with E-state index in [1.54, 1.807) is 5.57 Å². The highest BCUT2D eigenvalue weighted by Gasteiger charge is 2.38. The molecule has 0 atom stereocenters. The highest BCUT2D eigenvalue weighted by atomic mass is 14.4. The molecule has 0 heterocycles. The normalized spacial score (nSPS) is 24.9. The predicted molar refractivity (Wildman–Crippen MR) is 82.6 cm³/mol. The maximum atomic E-state index is 3.83. The minimum Gasteiger partial charge on any atom is -0.0990 e. The molecule has 0 N–H and O–H groups in total. The molecule has 0 aromatic carbocycles. The third kappa shape index (κ3) is 2.29. The fraction of sp³-hybridized carbons (Fsp3) is 0.444. The first kappa shape index (κ1) is 14.8. The van der Waals surface area contributed by atoms with E-state index in [1.807, 2.05) is 19.9 Å². The van der Waals surface area contributed by atoms with Crippen molar-refractivity contribution in [1.82, 2.24) is 0 Å². The third-order valence-electron chi connectivity index (χ3n) is 3.75. The third-order valence-corrected chi connectivity index (χ3v) is 3.75. The highest BCUT2D eigenvalue weighted by molar-refractivity contribution is 5.66. The SMILES string of the molecule is C=C/C=C1/C2=C(CCC=C2)C(C)(C)/C1=C/C.CC. The molecular formula is C18H26. The molecule has 0 heteroatoms. The van der Waals surface area contributed by atoms with Crippen molar-refractivity contribution in [1.29, 1.82) is 0 Å². The van der Waals surface area contributed by atoms with Gasteiger partial charge in [-0.2, -0.15) is 0 Å². The maximum Gasteiger partial charge on any atom is 0.0117 e. The van der Waals surface area contributed by atoms with E-state index in [-0.39, 0.29) is 5.41 Å². The Morgan fingerprint density at radius 1 is 1.28 bits per heavy atom. The van der Waals surface area contributed by atoms with Gasteiger partial charge in [0, 0.05) is 5.41 Å². The molecule has 0 radical (unpaired) electrons. The second-order valence-electron chi connectivity index (χ2n) is 4.98. The van der Waals surface area contributed by atoms with Gasteiger partial charge in [-0.25, -0.2) is 0 Å². The summed E-state index contributed by atoms with van der Waals surface area (Å²) >= 11 is 0. The van der Waals surface area contributed by atoms with Gasteiger partial charge in [-0.3, -0.25) is 0 Å². The van der Waals surface area contributed by atoms with Gasteiger partial charge in [-0.15, -0.1) is 0 Å². The van der Waals surface area contributed by atoms with E-state index < -0.39 is 0 Å². The van der Waals surface area contributed by atoms with Crippen LogP contribution in [0.5, 0.6) is 0 Å². The largest absolute Gasteiger partial charge is 0.0990 e. The Morgan fingerprint density at radius 2 is 1.94 bits per heavy atom. The van der Waals surface area contributed by atoms with Gasteiger partial charge < -0.3 is 0 Å². The van der Waals surface area contributed by atoms with Crippen LogP contribution in [0, 0.1) is 5.41 Å². The standard InChI is InChI=1S/C16H20.C2H6/c1-5-9-12-13-10-7-8-11-15(13)16(3,4)14(12)6-2;1-2/h5-7,9-10H,1,8,11H2,2-4H3;1-2H3/b12-9-,14-6+;. The Kier molecular flexibility index (Phi) is 4.95. The minimum absolute atomic E-state index is 0.198. The summed E-state index contributed by atoms with van der Waals surface area (Å²) in [6, 6.07) is 0. The smallest absolute Gasteiger partial charge is 0.0117 e. The molecular weight excluding hydrogens is 216 g/mol. The summed E-state index contributed by atoms with van der Waals surface area (Å²) in [6.07, 6.45) is 13.2. The summed E-state index contributed by atoms with van der Waals surface area (Å²) in [4.78, 5) is 0. The maximum absolute atomic E-state index is 3.83. The van der Waals surface area contributed by atoms with Crippen LogP contribution in [-0.4, -0.2) is 0 Å². The summed E-state index contributed by atoms with van der Waals surface area (Å²) < 4.78 is 0.